The highest BCUT2D eigenvalue weighted by atomic mass is 19.1. The van der Waals surface area contributed by atoms with Gasteiger partial charge in [-0.05, 0) is 37.0 Å². The molecule has 0 spiro atoms. The maximum Gasteiger partial charge on any atom is 0.315 e. The molecule has 1 aliphatic rings. The first-order chi connectivity index (χ1) is 7.66. The summed E-state index contributed by atoms with van der Waals surface area (Å²) in [7, 11) is 0. The summed E-state index contributed by atoms with van der Waals surface area (Å²) in [6.07, 6.45) is 2.72. The molecule has 0 radical (unpaired) electrons. The Bertz CT molecular complexity index is 377. The third-order valence-electron chi connectivity index (χ3n) is 3.04. The number of likely N-dealkylation sites (tertiary alicyclic amines) is 1. The fraction of sp³-hybridized carbons (Fsp3) is 0.417. The summed E-state index contributed by atoms with van der Waals surface area (Å²) in [5, 5.41) is 0. The van der Waals surface area contributed by atoms with Gasteiger partial charge in [-0.15, -0.1) is 0 Å². The van der Waals surface area contributed by atoms with Crippen molar-refractivity contribution in [1.82, 2.24) is 4.90 Å². The van der Waals surface area contributed by atoms with Gasteiger partial charge in [0, 0.05) is 12.6 Å². The summed E-state index contributed by atoms with van der Waals surface area (Å²) >= 11 is 0. The number of amides is 2. The van der Waals surface area contributed by atoms with Crippen molar-refractivity contribution in [3.8, 4) is 0 Å². The van der Waals surface area contributed by atoms with Crippen LogP contribution in [0, 0.1) is 5.82 Å². The maximum absolute atomic E-state index is 12.7. The molecule has 1 unspecified atom stereocenters. The van der Waals surface area contributed by atoms with Crippen molar-refractivity contribution in [2.24, 2.45) is 5.73 Å². The van der Waals surface area contributed by atoms with Crippen molar-refractivity contribution in [2.75, 3.05) is 6.54 Å². The number of rotatable bonds is 2. The first-order valence-corrected chi connectivity index (χ1v) is 5.47. The molecule has 0 bridgehead atoms. The number of carbonyl (C=O) groups excluding carboxylic acids is 1. The summed E-state index contributed by atoms with van der Waals surface area (Å²) in [5.41, 5.74) is 6.33. The molecule has 4 heteroatoms. The second kappa shape index (κ2) is 4.51. The van der Waals surface area contributed by atoms with E-state index in [4.69, 9.17) is 5.73 Å². The molecule has 1 heterocycles. The normalized spacial score (nSPS) is 20.1. The molecule has 3 nitrogen and oxygen atoms in total. The van der Waals surface area contributed by atoms with Gasteiger partial charge >= 0.3 is 6.03 Å². The van der Waals surface area contributed by atoms with Crippen molar-refractivity contribution in [3.05, 3.63) is 35.6 Å². The Morgan fingerprint density at radius 2 is 2.12 bits per heavy atom. The Labute approximate surface area is 94.0 Å². The van der Waals surface area contributed by atoms with Crippen LogP contribution in [0.2, 0.25) is 0 Å². The lowest BCUT2D eigenvalue weighted by molar-refractivity contribution is 0.202. The molecule has 2 rings (SSSR count). The molecule has 2 N–H and O–H groups in total. The van der Waals surface area contributed by atoms with E-state index in [-0.39, 0.29) is 17.9 Å². The van der Waals surface area contributed by atoms with Crippen molar-refractivity contribution < 1.29 is 9.18 Å². The number of carbonyl (C=O) groups is 1. The second-order valence-electron chi connectivity index (χ2n) is 4.16. The fourth-order valence-electron chi connectivity index (χ4n) is 2.23. The molecule has 1 aromatic rings. The van der Waals surface area contributed by atoms with E-state index >= 15 is 0 Å². The van der Waals surface area contributed by atoms with E-state index in [1.165, 1.54) is 12.1 Å². The molecule has 1 saturated heterocycles. The first-order valence-electron chi connectivity index (χ1n) is 5.47. The number of nitrogens with two attached hydrogens (primary N) is 1. The molecule has 0 aromatic heterocycles. The molecule has 86 valence electrons. The summed E-state index contributed by atoms with van der Waals surface area (Å²) in [6, 6.07) is 6.21. The van der Waals surface area contributed by atoms with E-state index in [0.717, 1.165) is 31.4 Å². The van der Waals surface area contributed by atoms with Gasteiger partial charge in [-0.3, -0.25) is 0 Å². The van der Waals surface area contributed by atoms with Gasteiger partial charge < -0.3 is 10.6 Å². The van der Waals surface area contributed by atoms with Gasteiger partial charge in [0.15, 0.2) is 0 Å². The van der Waals surface area contributed by atoms with E-state index in [0.29, 0.717) is 0 Å². The highest BCUT2D eigenvalue weighted by Crippen LogP contribution is 2.20. The topological polar surface area (TPSA) is 46.3 Å². The number of halogens is 1. The Hall–Kier alpha value is -1.58. The molecule has 1 aromatic carbocycles. The largest absolute Gasteiger partial charge is 0.351 e. The minimum absolute atomic E-state index is 0.169. The van der Waals surface area contributed by atoms with Crippen LogP contribution in [0.15, 0.2) is 24.3 Å². The predicted octanol–water partition coefficient (Wildman–Crippen LogP) is 1.91. The lowest BCUT2D eigenvalue weighted by atomic mass is 10.0. The number of nitrogens with zero attached hydrogens (tertiary/aromatic N) is 1. The molecular formula is C12H15FN2O. The standard InChI is InChI=1S/C12H15FN2O/c13-10-5-3-9(4-6-10)8-11-2-1-7-15(11)12(14)16/h3-6,11H,1-2,7-8H2,(H2,14,16). The molecule has 1 fully saturated rings. The number of hydrogen-bond donors (Lipinski definition) is 1. The Morgan fingerprint density at radius 3 is 2.75 bits per heavy atom. The Balaban J connectivity index is 2.03. The predicted molar refractivity (Wildman–Crippen MR) is 59.4 cm³/mol. The molecule has 1 aliphatic heterocycles. The molecule has 0 saturated carbocycles. The van der Waals surface area contributed by atoms with Crippen LogP contribution in [0.5, 0.6) is 0 Å². The van der Waals surface area contributed by atoms with Gasteiger partial charge in [0.2, 0.25) is 0 Å². The lowest BCUT2D eigenvalue weighted by Gasteiger charge is -2.22. The number of benzene rings is 1. The van der Waals surface area contributed by atoms with Gasteiger partial charge in [-0.25, -0.2) is 9.18 Å². The molecular weight excluding hydrogens is 207 g/mol. The summed E-state index contributed by atoms with van der Waals surface area (Å²) in [4.78, 5) is 12.8. The smallest absolute Gasteiger partial charge is 0.315 e. The molecule has 16 heavy (non-hydrogen) atoms. The zero-order valence-electron chi connectivity index (χ0n) is 9.03. The summed E-state index contributed by atoms with van der Waals surface area (Å²) in [6.45, 7) is 0.737. The van der Waals surface area contributed by atoms with Crippen LogP contribution in [-0.2, 0) is 6.42 Å². The van der Waals surface area contributed by atoms with Gasteiger partial charge in [-0.2, -0.15) is 0 Å². The third kappa shape index (κ3) is 2.32. The van der Waals surface area contributed by atoms with Crippen molar-refractivity contribution in [1.29, 1.82) is 0 Å². The van der Waals surface area contributed by atoms with E-state index in [9.17, 15) is 9.18 Å². The SMILES string of the molecule is NC(=O)N1CCCC1Cc1ccc(F)cc1. The summed E-state index contributed by atoms with van der Waals surface area (Å²) < 4.78 is 12.7. The van der Waals surface area contributed by atoms with Crippen LogP contribution in [-0.4, -0.2) is 23.5 Å². The van der Waals surface area contributed by atoms with Crippen LogP contribution in [0.4, 0.5) is 9.18 Å². The van der Waals surface area contributed by atoms with Gasteiger partial charge in [-0.1, -0.05) is 12.1 Å². The van der Waals surface area contributed by atoms with E-state index in [1.807, 2.05) is 0 Å². The van der Waals surface area contributed by atoms with Crippen LogP contribution in [0.25, 0.3) is 0 Å². The molecule has 0 aliphatic carbocycles. The van der Waals surface area contributed by atoms with Gasteiger partial charge in [0.1, 0.15) is 5.82 Å². The maximum atomic E-state index is 12.7. The van der Waals surface area contributed by atoms with Crippen molar-refractivity contribution in [3.63, 3.8) is 0 Å². The van der Waals surface area contributed by atoms with E-state index in [2.05, 4.69) is 0 Å². The van der Waals surface area contributed by atoms with Crippen LogP contribution in [0.3, 0.4) is 0 Å². The fourth-order valence-corrected chi connectivity index (χ4v) is 2.23. The van der Waals surface area contributed by atoms with Crippen LogP contribution < -0.4 is 5.73 Å². The number of urea groups is 1. The van der Waals surface area contributed by atoms with Crippen LogP contribution in [0.1, 0.15) is 18.4 Å². The average molecular weight is 222 g/mol. The van der Waals surface area contributed by atoms with E-state index in [1.54, 1.807) is 17.0 Å². The number of hydrogen-bond acceptors (Lipinski definition) is 1. The molecule has 1 atom stereocenters. The minimum Gasteiger partial charge on any atom is -0.351 e. The molecule has 2 amide bonds. The first kappa shape index (κ1) is 10.9. The highest BCUT2D eigenvalue weighted by molar-refractivity contribution is 5.72. The van der Waals surface area contributed by atoms with E-state index < -0.39 is 0 Å². The Morgan fingerprint density at radius 1 is 1.44 bits per heavy atom. The Kier molecular flexibility index (Phi) is 3.08. The minimum atomic E-state index is -0.357. The lowest BCUT2D eigenvalue weighted by Crippen LogP contribution is -2.40. The zero-order valence-corrected chi connectivity index (χ0v) is 9.03. The van der Waals surface area contributed by atoms with Crippen LogP contribution >= 0.6 is 0 Å². The third-order valence-corrected chi connectivity index (χ3v) is 3.04. The quantitative estimate of drug-likeness (QED) is 0.816. The van der Waals surface area contributed by atoms with Gasteiger partial charge in [0.25, 0.3) is 0 Å². The zero-order chi connectivity index (χ0) is 11.5. The van der Waals surface area contributed by atoms with Crippen molar-refractivity contribution >= 4 is 6.03 Å². The summed E-state index contributed by atoms with van der Waals surface area (Å²) in [5.74, 6) is -0.234. The second-order valence-corrected chi connectivity index (χ2v) is 4.16. The van der Waals surface area contributed by atoms with Crippen molar-refractivity contribution in [2.45, 2.75) is 25.3 Å². The number of primary amides is 1. The monoisotopic (exact) mass is 222 g/mol. The van der Waals surface area contributed by atoms with Gasteiger partial charge in [0.05, 0.1) is 0 Å². The highest BCUT2D eigenvalue weighted by Gasteiger charge is 2.26. The average Bonchev–Trinajstić information content (AvgIpc) is 2.69.